The average molecular weight is 229 g/mol. The van der Waals surface area contributed by atoms with Crippen molar-refractivity contribution in [2.24, 2.45) is 0 Å². The Bertz CT molecular complexity index is 196. The van der Waals surface area contributed by atoms with Gasteiger partial charge in [0.05, 0.1) is 13.0 Å². The molecule has 0 aliphatic heterocycles. The first kappa shape index (κ1) is 14.2. The van der Waals surface area contributed by atoms with Gasteiger partial charge in [0.15, 0.2) is 0 Å². The van der Waals surface area contributed by atoms with Gasteiger partial charge in [-0.1, -0.05) is 0 Å². The van der Waals surface area contributed by atoms with E-state index in [2.05, 4.69) is 10.1 Å². The first-order chi connectivity index (χ1) is 6.81. The molecule has 0 aromatic heterocycles. The Morgan fingerprint density at radius 2 is 2.13 bits per heavy atom. The summed E-state index contributed by atoms with van der Waals surface area (Å²) in [5.74, 6) is -0.953. The maximum atomic E-state index is 11.6. The van der Waals surface area contributed by atoms with Crippen LogP contribution in [0.2, 0.25) is 0 Å². The maximum absolute atomic E-state index is 11.6. The summed E-state index contributed by atoms with van der Waals surface area (Å²) in [7, 11) is 0. The Morgan fingerprint density at radius 3 is 2.60 bits per heavy atom. The lowest BCUT2D eigenvalue weighted by Crippen LogP contribution is -2.32. The smallest absolute Gasteiger partial charge is 0.411 e. The monoisotopic (exact) mass is 229 g/mol. The van der Waals surface area contributed by atoms with Gasteiger partial charge >= 0.3 is 12.1 Å². The van der Waals surface area contributed by atoms with E-state index in [9.17, 15) is 18.0 Å². The minimum Gasteiger partial charge on any atom is -0.481 e. The fourth-order valence-corrected chi connectivity index (χ4v) is 0.899. The molecule has 15 heavy (non-hydrogen) atoms. The largest absolute Gasteiger partial charge is 0.481 e. The SMILES string of the molecule is CC(CC(=O)O)NCCOCC(F)(F)F. The zero-order chi connectivity index (χ0) is 11.9. The molecule has 0 saturated carbocycles. The van der Waals surface area contributed by atoms with Crippen molar-refractivity contribution in [3.8, 4) is 0 Å². The van der Waals surface area contributed by atoms with Crippen LogP contribution in [0.1, 0.15) is 13.3 Å². The number of carboxylic acid groups (broad SMARTS) is 1. The van der Waals surface area contributed by atoms with Gasteiger partial charge in [0.1, 0.15) is 6.61 Å². The van der Waals surface area contributed by atoms with Gasteiger partial charge in [-0.05, 0) is 6.92 Å². The van der Waals surface area contributed by atoms with E-state index in [0.717, 1.165) is 0 Å². The summed E-state index contributed by atoms with van der Waals surface area (Å²) in [6, 6.07) is -0.281. The molecule has 0 radical (unpaired) electrons. The molecule has 7 heteroatoms. The average Bonchev–Trinajstić information content (AvgIpc) is 1.99. The molecule has 0 spiro atoms. The summed E-state index contributed by atoms with van der Waals surface area (Å²) in [6.45, 7) is 0.466. The first-order valence-electron chi connectivity index (χ1n) is 4.41. The van der Waals surface area contributed by atoms with Gasteiger partial charge in [-0.25, -0.2) is 0 Å². The molecule has 1 atom stereocenters. The standard InChI is InChI=1S/C8H14F3NO3/c1-6(4-7(13)14)12-2-3-15-5-8(9,10)11/h6,12H,2-5H2,1H3,(H,13,14). The summed E-state index contributed by atoms with van der Waals surface area (Å²) >= 11 is 0. The lowest BCUT2D eigenvalue weighted by Gasteiger charge is -2.12. The van der Waals surface area contributed by atoms with Crippen molar-refractivity contribution >= 4 is 5.97 Å². The molecule has 0 fully saturated rings. The van der Waals surface area contributed by atoms with Gasteiger partial charge < -0.3 is 15.2 Å². The minimum absolute atomic E-state index is 0.0702. The zero-order valence-electron chi connectivity index (χ0n) is 8.30. The van der Waals surface area contributed by atoms with E-state index in [0.29, 0.717) is 0 Å². The normalized spacial score (nSPS) is 13.9. The van der Waals surface area contributed by atoms with Crippen molar-refractivity contribution < 1.29 is 27.8 Å². The van der Waals surface area contributed by atoms with Gasteiger partial charge in [0.25, 0.3) is 0 Å². The molecule has 0 bridgehead atoms. The quantitative estimate of drug-likeness (QED) is 0.640. The second-order valence-electron chi connectivity index (χ2n) is 3.12. The number of halogens is 3. The fourth-order valence-electron chi connectivity index (χ4n) is 0.899. The fraction of sp³-hybridized carbons (Fsp3) is 0.875. The van der Waals surface area contributed by atoms with Crippen LogP contribution in [0.4, 0.5) is 13.2 Å². The molecule has 0 aliphatic carbocycles. The zero-order valence-corrected chi connectivity index (χ0v) is 8.30. The molecular weight excluding hydrogens is 215 g/mol. The summed E-state index contributed by atoms with van der Waals surface area (Å²) in [6.07, 6.45) is -4.38. The maximum Gasteiger partial charge on any atom is 0.411 e. The Hall–Kier alpha value is -0.820. The Morgan fingerprint density at radius 1 is 1.53 bits per heavy atom. The third-order valence-corrected chi connectivity index (χ3v) is 1.49. The topological polar surface area (TPSA) is 58.6 Å². The van der Waals surface area contributed by atoms with Crippen LogP contribution in [0.5, 0.6) is 0 Å². The van der Waals surface area contributed by atoms with Crippen molar-refractivity contribution in [3.63, 3.8) is 0 Å². The third kappa shape index (κ3) is 11.1. The number of nitrogens with one attached hydrogen (secondary N) is 1. The third-order valence-electron chi connectivity index (χ3n) is 1.49. The lowest BCUT2D eigenvalue weighted by molar-refractivity contribution is -0.173. The molecule has 90 valence electrons. The summed E-state index contributed by atoms with van der Waals surface area (Å²) in [5, 5.41) is 11.1. The van der Waals surface area contributed by atoms with Crippen molar-refractivity contribution in [1.29, 1.82) is 0 Å². The second kappa shape index (κ2) is 6.62. The summed E-state index contributed by atoms with van der Waals surface area (Å²) in [4.78, 5) is 10.2. The molecule has 0 amide bonds. The van der Waals surface area contributed by atoms with Crippen LogP contribution in [0.3, 0.4) is 0 Å². The van der Waals surface area contributed by atoms with E-state index in [1.165, 1.54) is 0 Å². The minimum atomic E-state index is -4.31. The Labute approximate surface area is 85.4 Å². The molecule has 1 unspecified atom stereocenters. The number of hydrogen-bond acceptors (Lipinski definition) is 3. The lowest BCUT2D eigenvalue weighted by atomic mass is 10.2. The number of rotatable bonds is 7. The van der Waals surface area contributed by atoms with E-state index < -0.39 is 18.8 Å². The van der Waals surface area contributed by atoms with Crippen LogP contribution in [0, 0.1) is 0 Å². The molecule has 0 aromatic carbocycles. The summed E-state index contributed by atoms with van der Waals surface area (Å²) in [5.41, 5.74) is 0. The predicted octanol–water partition coefficient (Wildman–Crippen LogP) is 1.02. The van der Waals surface area contributed by atoms with Crippen LogP contribution < -0.4 is 5.32 Å². The number of carbonyl (C=O) groups is 1. The molecule has 2 N–H and O–H groups in total. The molecule has 4 nitrogen and oxygen atoms in total. The Balaban J connectivity index is 3.35. The second-order valence-corrected chi connectivity index (χ2v) is 3.12. The van der Waals surface area contributed by atoms with Crippen LogP contribution in [0.25, 0.3) is 0 Å². The number of alkyl halides is 3. The van der Waals surface area contributed by atoms with Crippen LogP contribution in [0.15, 0.2) is 0 Å². The number of ether oxygens (including phenoxy) is 1. The van der Waals surface area contributed by atoms with E-state index in [-0.39, 0.29) is 25.6 Å². The van der Waals surface area contributed by atoms with E-state index in [1.807, 2.05) is 0 Å². The van der Waals surface area contributed by atoms with Crippen molar-refractivity contribution in [3.05, 3.63) is 0 Å². The predicted molar refractivity (Wildman–Crippen MR) is 46.6 cm³/mol. The van der Waals surface area contributed by atoms with Crippen molar-refractivity contribution in [1.82, 2.24) is 5.32 Å². The van der Waals surface area contributed by atoms with Gasteiger partial charge in [0.2, 0.25) is 0 Å². The molecule has 0 saturated heterocycles. The highest BCUT2D eigenvalue weighted by atomic mass is 19.4. The van der Waals surface area contributed by atoms with E-state index in [1.54, 1.807) is 6.92 Å². The van der Waals surface area contributed by atoms with Crippen LogP contribution in [-0.4, -0.2) is 43.1 Å². The molecular formula is C8H14F3NO3. The highest BCUT2D eigenvalue weighted by Crippen LogP contribution is 2.13. The van der Waals surface area contributed by atoms with Gasteiger partial charge in [-0.3, -0.25) is 4.79 Å². The molecule has 0 aliphatic rings. The van der Waals surface area contributed by atoms with Crippen molar-refractivity contribution in [2.75, 3.05) is 19.8 Å². The highest BCUT2D eigenvalue weighted by Gasteiger charge is 2.27. The number of aliphatic carboxylic acids is 1. The number of carboxylic acids is 1. The van der Waals surface area contributed by atoms with Gasteiger partial charge in [-0.2, -0.15) is 13.2 Å². The van der Waals surface area contributed by atoms with E-state index >= 15 is 0 Å². The molecule has 0 heterocycles. The molecule has 0 rings (SSSR count). The first-order valence-corrected chi connectivity index (χ1v) is 4.41. The van der Waals surface area contributed by atoms with Gasteiger partial charge in [-0.15, -0.1) is 0 Å². The highest BCUT2D eigenvalue weighted by molar-refractivity contribution is 5.67. The summed E-state index contributed by atoms with van der Waals surface area (Å²) < 4.78 is 39.1. The van der Waals surface area contributed by atoms with Crippen molar-refractivity contribution in [2.45, 2.75) is 25.6 Å². The van der Waals surface area contributed by atoms with Crippen LogP contribution in [-0.2, 0) is 9.53 Å². The number of hydrogen-bond donors (Lipinski definition) is 2. The van der Waals surface area contributed by atoms with Crippen LogP contribution >= 0.6 is 0 Å². The molecule has 0 aromatic rings. The Kier molecular flexibility index (Phi) is 6.26. The van der Waals surface area contributed by atoms with E-state index in [4.69, 9.17) is 5.11 Å². The van der Waals surface area contributed by atoms with Gasteiger partial charge in [0, 0.05) is 12.6 Å².